The molecule has 0 aliphatic carbocycles. The fraction of sp³-hybridized carbons (Fsp3) is 0.636. The minimum Gasteiger partial charge on any atom is -0.396 e. The van der Waals surface area contributed by atoms with E-state index in [1.54, 1.807) is 0 Å². The van der Waals surface area contributed by atoms with Gasteiger partial charge in [-0.3, -0.25) is 0 Å². The molecule has 1 aromatic rings. The van der Waals surface area contributed by atoms with E-state index in [1.807, 2.05) is 25.4 Å². The van der Waals surface area contributed by atoms with E-state index in [1.165, 1.54) is 0 Å². The summed E-state index contributed by atoms with van der Waals surface area (Å²) in [6, 6.07) is 1.95. The van der Waals surface area contributed by atoms with Crippen LogP contribution in [0.3, 0.4) is 0 Å². The summed E-state index contributed by atoms with van der Waals surface area (Å²) in [4.78, 5) is 0. The second-order valence-corrected chi connectivity index (χ2v) is 3.54. The number of hydrogen-bond acceptors (Lipinski definition) is 2. The van der Waals surface area contributed by atoms with Gasteiger partial charge in [0.1, 0.15) is 0 Å². The molecule has 1 unspecified atom stereocenters. The van der Waals surface area contributed by atoms with Crippen molar-refractivity contribution in [3.8, 4) is 0 Å². The largest absolute Gasteiger partial charge is 0.396 e. The quantitative estimate of drug-likeness (QED) is 0.682. The van der Waals surface area contributed by atoms with Crippen LogP contribution in [0.1, 0.15) is 37.9 Å². The maximum Gasteiger partial charge on any atom is 0.0802 e. The Morgan fingerprint density at radius 1 is 1.43 bits per heavy atom. The Labute approximate surface area is 85.0 Å². The van der Waals surface area contributed by atoms with Crippen LogP contribution in [-0.2, 0) is 6.54 Å². The van der Waals surface area contributed by atoms with E-state index in [-0.39, 0.29) is 12.7 Å². The van der Waals surface area contributed by atoms with Crippen LogP contribution in [0, 0.1) is 0 Å². The molecule has 2 N–H and O–H groups in total. The summed E-state index contributed by atoms with van der Waals surface area (Å²) < 4.78 is 2.06. The number of aliphatic hydroxyl groups is 2. The predicted octanol–water partition coefficient (Wildman–Crippen LogP) is 1.70. The van der Waals surface area contributed by atoms with Gasteiger partial charge in [-0.1, -0.05) is 6.92 Å². The van der Waals surface area contributed by atoms with E-state index < -0.39 is 0 Å². The van der Waals surface area contributed by atoms with E-state index in [4.69, 9.17) is 5.11 Å². The Hall–Kier alpha value is -0.800. The zero-order chi connectivity index (χ0) is 10.4. The molecule has 0 bridgehead atoms. The fourth-order valence-electron chi connectivity index (χ4n) is 1.44. The van der Waals surface area contributed by atoms with E-state index in [2.05, 4.69) is 4.57 Å². The first-order valence-electron chi connectivity index (χ1n) is 5.22. The molecule has 0 saturated carbocycles. The van der Waals surface area contributed by atoms with Crippen LogP contribution in [0.4, 0.5) is 0 Å². The molecule has 0 spiro atoms. The summed E-state index contributed by atoms with van der Waals surface area (Å²) in [5.41, 5.74) is 0.983. The first kappa shape index (κ1) is 11.3. The van der Waals surface area contributed by atoms with Crippen LogP contribution in [0.25, 0.3) is 0 Å². The highest BCUT2D eigenvalue weighted by Gasteiger charge is 2.05. The molecule has 3 heteroatoms. The highest BCUT2D eigenvalue weighted by atomic mass is 16.3. The minimum absolute atomic E-state index is 0.256. The number of hydrogen-bond donors (Lipinski definition) is 2. The third kappa shape index (κ3) is 3.16. The Balaban J connectivity index is 2.42. The van der Waals surface area contributed by atoms with Crippen LogP contribution in [0.15, 0.2) is 18.5 Å². The summed E-state index contributed by atoms with van der Waals surface area (Å²) in [5.74, 6) is 0. The molecule has 0 aliphatic heterocycles. The Morgan fingerprint density at radius 2 is 2.21 bits per heavy atom. The monoisotopic (exact) mass is 197 g/mol. The normalized spacial score (nSPS) is 13.1. The maximum absolute atomic E-state index is 9.56. The van der Waals surface area contributed by atoms with Crippen molar-refractivity contribution in [1.29, 1.82) is 0 Å². The number of nitrogens with zero attached hydrogens (tertiary/aromatic N) is 1. The van der Waals surface area contributed by atoms with Crippen molar-refractivity contribution >= 4 is 0 Å². The number of aryl methyl sites for hydroxylation is 1. The van der Waals surface area contributed by atoms with Gasteiger partial charge in [-0.05, 0) is 30.9 Å². The Kier molecular flexibility index (Phi) is 4.70. The summed E-state index contributed by atoms with van der Waals surface area (Å²) in [7, 11) is 0. The maximum atomic E-state index is 9.56. The average Bonchev–Trinajstić information content (AvgIpc) is 2.66. The van der Waals surface area contributed by atoms with Gasteiger partial charge in [-0.15, -0.1) is 0 Å². The van der Waals surface area contributed by atoms with Gasteiger partial charge in [-0.2, -0.15) is 0 Å². The molecule has 0 amide bonds. The van der Waals surface area contributed by atoms with Crippen LogP contribution in [-0.4, -0.2) is 21.4 Å². The molecule has 14 heavy (non-hydrogen) atoms. The van der Waals surface area contributed by atoms with Crippen molar-refractivity contribution in [1.82, 2.24) is 4.57 Å². The number of aromatic nitrogens is 1. The van der Waals surface area contributed by atoms with Crippen molar-refractivity contribution in [3.63, 3.8) is 0 Å². The Bertz CT molecular complexity index is 258. The number of aliphatic hydroxyl groups excluding tert-OH is 2. The molecule has 0 radical (unpaired) electrons. The van der Waals surface area contributed by atoms with Crippen molar-refractivity contribution in [2.24, 2.45) is 0 Å². The molecule has 0 aromatic carbocycles. The van der Waals surface area contributed by atoms with E-state index in [0.717, 1.165) is 31.4 Å². The highest BCUT2D eigenvalue weighted by molar-refractivity contribution is 5.13. The molecule has 0 aliphatic rings. The molecular formula is C11H19NO2. The zero-order valence-electron chi connectivity index (χ0n) is 8.69. The van der Waals surface area contributed by atoms with E-state index in [0.29, 0.717) is 0 Å². The van der Waals surface area contributed by atoms with Crippen LogP contribution in [0.5, 0.6) is 0 Å². The lowest BCUT2D eigenvalue weighted by molar-refractivity contribution is 0.173. The summed E-state index contributed by atoms with van der Waals surface area (Å²) >= 11 is 0. The molecule has 1 atom stereocenters. The lowest BCUT2D eigenvalue weighted by Gasteiger charge is -2.04. The van der Waals surface area contributed by atoms with Crippen molar-refractivity contribution in [3.05, 3.63) is 24.0 Å². The van der Waals surface area contributed by atoms with Gasteiger partial charge >= 0.3 is 0 Å². The van der Waals surface area contributed by atoms with Crippen LogP contribution in [0.2, 0.25) is 0 Å². The lowest BCUT2D eigenvalue weighted by atomic mass is 10.1. The van der Waals surface area contributed by atoms with Gasteiger partial charge in [0.2, 0.25) is 0 Å². The molecule has 3 nitrogen and oxygen atoms in total. The second-order valence-electron chi connectivity index (χ2n) is 3.54. The van der Waals surface area contributed by atoms with Crippen LogP contribution < -0.4 is 0 Å². The Morgan fingerprint density at radius 3 is 2.86 bits per heavy atom. The van der Waals surface area contributed by atoms with Gasteiger partial charge < -0.3 is 14.8 Å². The first-order chi connectivity index (χ1) is 6.77. The third-order valence-corrected chi connectivity index (χ3v) is 2.37. The van der Waals surface area contributed by atoms with E-state index in [9.17, 15) is 5.11 Å². The standard InChI is InChI=1S/C11H19NO2/c1-2-11(14)10-5-7-12(9-10)6-3-4-8-13/h5,7,9,11,13-14H,2-4,6,8H2,1H3. The first-order valence-corrected chi connectivity index (χ1v) is 5.22. The lowest BCUT2D eigenvalue weighted by Crippen LogP contribution is -1.97. The van der Waals surface area contributed by atoms with Gasteiger partial charge in [0.25, 0.3) is 0 Å². The fourth-order valence-corrected chi connectivity index (χ4v) is 1.44. The molecule has 1 rings (SSSR count). The number of rotatable bonds is 6. The predicted molar refractivity (Wildman–Crippen MR) is 56.0 cm³/mol. The third-order valence-electron chi connectivity index (χ3n) is 2.37. The summed E-state index contributed by atoms with van der Waals surface area (Å²) in [5, 5.41) is 18.2. The molecule has 1 heterocycles. The SMILES string of the molecule is CCC(O)c1ccn(CCCCO)c1. The second kappa shape index (κ2) is 5.83. The van der Waals surface area contributed by atoms with Gasteiger partial charge in [0.05, 0.1) is 6.10 Å². The van der Waals surface area contributed by atoms with Crippen molar-refractivity contribution in [2.45, 2.75) is 38.8 Å². The molecular weight excluding hydrogens is 178 g/mol. The molecule has 0 fully saturated rings. The molecule has 80 valence electrons. The minimum atomic E-state index is -0.339. The smallest absolute Gasteiger partial charge is 0.0802 e. The van der Waals surface area contributed by atoms with Gasteiger partial charge in [0.15, 0.2) is 0 Å². The molecule has 0 saturated heterocycles. The number of unbranched alkanes of at least 4 members (excludes halogenated alkanes) is 1. The summed E-state index contributed by atoms with van der Waals surface area (Å²) in [6.45, 7) is 3.14. The molecule has 1 aromatic heterocycles. The summed E-state index contributed by atoms with van der Waals surface area (Å²) in [6.07, 6.45) is 6.18. The van der Waals surface area contributed by atoms with Crippen LogP contribution >= 0.6 is 0 Å². The van der Waals surface area contributed by atoms with E-state index >= 15 is 0 Å². The highest BCUT2D eigenvalue weighted by Crippen LogP contribution is 2.16. The van der Waals surface area contributed by atoms with Gasteiger partial charge in [-0.25, -0.2) is 0 Å². The van der Waals surface area contributed by atoms with Crippen molar-refractivity contribution in [2.75, 3.05) is 6.61 Å². The van der Waals surface area contributed by atoms with Gasteiger partial charge in [0, 0.05) is 25.5 Å². The topological polar surface area (TPSA) is 45.4 Å². The van der Waals surface area contributed by atoms with Crippen molar-refractivity contribution < 1.29 is 10.2 Å². The average molecular weight is 197 g/mol. The zero-order valence-corrected chi connectivity index (χ0v) is 8.69.